The van der Waals surface area contributed by atoms with Gasteiger partial charge in [-0.05, 0) is 6.42 Å². The predicted molar refractivity (Wildman–Crippen MR) is 45.0 cm³/mol. The zero-order valence-electron chi connectivity index (χ0n) is 4.67. The monoisotopic (exact) mass is 144 g/mol. The molecule has 0 heterocycles. The maximum atomic E-state index is 2.76. The molecule has 0 aromatic carbocycles. The first-order chi connectivity index (χ1) is 3.80. The van der Waals surface area contributed by atoms with E-state index in [1.54, 1.807) is 0 Å². The molecular formula is C6H10P2. The molecule has 0 N–H and O–H groups in total. The van der Waals surface area contributed by atoms with Crippen molar-refractivity contribution in [3.63, 3.8) is 0 Å². The van der Waals surface area contributed by atoms with Crippen molar-refractivity contribution in [3.05, 3.63) is 23.8 Å². The summed E-state index contributed by atoms with van der Waals surface area (Å²) in [7, 11) is 5.51. The van der Waals surface area contributed by atoms with Crippen LogP contribution in [0.1, 0.15) is 6.42 Å². The fourth-order valence-corrected chi connectivity index (χ4v) is 1.21. The van der Waals surface area contributed by atoms with Gasteiger partial charge in [0, 0.05) is 5.40 Å². The molecule has 44 valence electrons. The first-order valence-electron chi connectivity index (χ1n) is 2.67. The Morgan fingerprint density at radius 1 is 1.50 bits per heavy atom. The summed E-state index contributed by atoms with van der Waals surface area (Å²) in [6.07, 6.45) is 7.59. The molecule has 0 nitrogen and oxygen atoms in total. The van der Waals surface area contributed by atoms with E-state index in [9.17, 15) is 0 Å². The van der Waals surface area contributed by atoms with E-state index < -0.39 is 0 Å². The van der Waals surface area contributed by atoms with E-state index >= 15 is 0 Å². The van der Waals surface area contributed by atoms with Crippen LogP contribution in [-0.4, -0.2) is 5.40 Å². The summed E-state index contributed by atoms with van der Waals surface area (Å²) in [4.78, 5) is 0. The lowest BCUT2D eigenvalue weighted by Gasteiger charge is -2.02. The van der Waals surface area contributed by atoms with Crippen molar-refractivity contribution in [2.75, 3.05) is 0 Å². The Morgan fingerprint density at radius 2 is 2.25 bits per heavy atom. The van der Waals surface area contributed by atoms with Crippen molar-refractivity contribution < 1.29 is 0 Å². The molecule has 2 unspecified atom stereocenters. The van der Waals surface area contributed by atoms with Crippen LogP contribution in [0.3, 0.4) is 0 Å². The highest BCUT2D eigenvalue weighted by Crippen LogP contribution is 2.25. The molecule has 0 amide bonds. The summed E-state index contributed by atoms with van der Waals surface area (Å²) < 4.78 is 0. The lowest BCUT2D eigenvalue weighted by Crippen LogP contribution is -1.86. The lowest BCUT2D eigenvalue weighted by atomic mass is 10.3. The summed E-state index contributed by atoms with van der Waals surface area (Å²) in [6, 6.07) is 0. The summed E-state index contributed by atoms with van der Waals surface area (Å²) in [6.45, 7) is 0. The van der Waals surface area contributed by atoms with E-state index in [1.807, 2.05) is 0 Å². The largest absolute Gasteiger partial charge is 0.126 e. The molecule has 0 saturated heterocycles. The maximum Gasteiger partial charge on any atom is 0.00939 e. The van der Waals surface area contributed by atoms with Crippen LogP contribution in [0.25, 0.3) is 0 Å². The van der Waals surface area contributed by atoms with Gasteiger partial charge in [0.05, 0.1) is 0 Å². The summed E-state index contributed by atoms with van der Waals surface area (Å²) >= 11 is 0. The first-order valence-corrected chi connectivity index (χ1v) is 4.01. The second-order valence-corrected chi connectivity index (χ2v) is 4.11. The molecule has 0 aliphatic heterocycles. The van der Waals surface area contributed by atoms with Gasteiger partial charge < -0.3 is 0 Å². The Labute approximate surface area is 54.8 Å². The molecule has 1 aliphatic rings. The van der Waals surface area contributed by atoms with Gasteiger partial charge in [-0.1, -0.05) is 23.8 Å². The van der Waals surface area contributed by atoms with Crippen molar-refractivity contribution in [3.8, 4) is 0 Å². The van der Waals surface area contributed by atoms with Gasteiger partial charge in [-0.3, -0.25) is 0 Å². The number of allylic oxidation sites excluding steroid dienone is 4. The zero-order valence-corrected chi connectivity index (χ0v) is 6.98. The van der Waals surface area contributed by atoms with Crippen molar-refractivity contribution in [1.29, 1.82) is 0 Å². The lowest BCUT2D eigenvalue weighted by molar-refractivity contribution is 1.23. The molecule has 8 heavy (non-hydrogen) atoms. The van der Waals surface area contributed by atoms with E-state index in [1.165, 1.54) is 5.57 Å². The molecule has 2 heteroatoms. The average Bonchev–Trinajstić information content (AvgIpc) is 2.12. The highest BCUT2D eigenvalue weighted by atomic mass is 31.1. The van der Waals surface area contributed by atoms with Crippen molar-refractivity contribution in [1.82, 2.24) is 0 Å². The summed E-state index contributed by atoms with van der Waals surface area (Å²) in [5.74, 6) is 0. The molecule has 0 spiro atoms. The second kappa shape index (κ2) is 2.76. The molecule has 0 aromatic heterocycles. The van der Waals surface area contributed by atoms with Crippen LogP contribution < -0.4 is 0 Å². The Morgan fingerprint density at radius 3 is 2.50 bits per heavy atom. The quantitative estimate of drug-likeness (QED) is 0.493. The molecule has 2 atom stereocenters. The SMILES string of the molecule is PC(P)C1=CC=CC1. The smallest absolute Gasteiger partial charge is 0.00939 e. The zero-order chi connectivity index (χ0) is 5.98. The highest BCUT2D eigenvalue weighted by molar-refractivity contribution is 7.38. The number of hydrogen-bond acceptors (Lipinski definition) is 0. The third-order valence-corrected chi connectivity index (χ3v) is 2.08. The first kappa shape index (κ1) is 6.46. The summed E-state index contributed by atoms with van der Waals surface area (Å²) in [5, 5.41) is 0.574. The second-order valence-electron chi connectivity index (χ2n) is 1.90. The van der Waals surface area contributed by atoms with E-state index in [-0.39, 0.29) is 0 Å². The molecule has 0 radical (unpaired) electrons. The van der Waals surface area contributed by atoms with Gasteiger partial charge in [-0.25, -0.2) is 0 Å². The highest BCUT2D eigenvalue weighted by Gasteiger charge is 2.02. The maximum absolute atomic E-state index is 2.76. The van der Waals surface area contributed by atoms with Gasteiger partial charge in [0.2, 0.25) is 0 Å². The number of rotatable bonds is 1. The minimum absolute atomic E-state index is 0.574. The van der Waals surface area contributed by atoms with Gasteiger partial charge in [0.1, 0.15) is 0 Å². The average molecular weight is 144 g/mol. The molecule has 1 aliphatic carbocycles. The van der Waals surface area contributed by atoms with Crippen molar-refractivity contribution >= 4 is 18.5 Å². The van der Waals surface area contributed by atoms with Gasteiger partial charge in [-0.15, -0.1) is 18.5 Å². The minimum Gasteiger partial charge on any atom is -0.126 e. The van der Waals surface area contributed by atoms with Crippen LogP contribution in [0.5, 0.6) is 0 Å². The fourth-order valence-electron chi connectivity index (χ4n) is 0.711. The van der Waals surface area contributed by atoms with Crippen LogP contribution in [-0.2, 0) is 0 Å². The minimum atomic E-state index is 0.574. The molecule has 0 aromatic rings. The van der Waals surface area contributed by atoms with E-state index in [4.69, 9.17) is 0 Å². The van der Waals surface area contributed by atoms with E-state index in [2.05, 4.69) is 36.7 Å². The Balaban J connectivity index is 2.51. The van der Waals surface area contributed by atoms with Crippen LogP contribution >= 0.6 is 18.5 Å². The Kier molecular flexibility index (Phi) is 2.23. The molecule has 0 saturated carbocycles. The van der Waals surface area contributed by atoms with Crippen LogP contribution in [0.15, 0.2) is 23.8 Å². The third-order valence-electron chi connectivity index (χ3n) is 1.23. The normalized spacial score (nSPS) is 17.6. The molecule has 1 rings (SSSR count). The van der Waals surface area contributed by atoms with Crippen molar-refractivity contribution in [2.45, 2.75) is 11.8 Å². The van der Waals surface area contributed by atoms with Gasteiger partial charge >= 0.3 is 0 Å². The predicted octanol–water partition coefficient (Wildman–Crippen LogP) is 1.95. The van der Waals surface area contributed by atoms with Crippen LogP contribution in [0, 0.1) is 0 Å². The van der Waals surface area contributed by atoms with Gasteiger partial charge in [-0.2, -0.15) is 0 Å². The topological polar surface area (TPSA) is 0 Å². The summed E-state index contributed by atoms with van der Waals surface area (Å²) in [5.41, 5.74) is 1.49. The van der Waals surface area contributed by atoms with E-state index in [0.717, 1.165) is 6.42 Å². The molecular weight excluding hydrogens is 134 g/mol. The van der Waals surface area contributed by atoms with Gasteiger partial charge in [0.15, 0.2) is 0 Å². The standard InChI is InChI=1S/C6H10P2/c7-6(8)5-3-1-2-4-5/h1-3,6H,4,7-8H2. The Bertz CT molecular complexity index is 133. The number of hydrogen-bond donors (Lipinski definition) is 0. The van der Waals surface area contributed by atoms with E-state index in [0.29, 0.717) is 5.40 Å². The van der Waals surface area contributed by atoms with Crippen molar-refractivity contribution in [2.24, 2.45) is 0 Å². The van der Waals surface area contributed by atoms with Crippen LogP contribution in [0.4, 0.5) is 0 Å². The molecule has 0 fully saturated rings. The van der Waals surface area contributed by atoms with Gasteiger partial charge in [0.25, 0.3) is 0 Å². The van der Waals surface area contributed by atoms with Crippen LogP contribution in [0.2, 0.25) is 0 Å². The Hall–Kier alpha value is 0.340. The fraction of sp³-hybridized carbons (Fsp3) is 0.333. The third kappa shape index (κ3) is 1.41. The molecule has 0 bridgehead atoms.